The predicted molar refractivity (Wildman–Crippen MR) is 66.5 cm³/mol. The molecule has 0 atom stereocenters. The first-order valence-electron chi connectivity index (χ1n) is 4.56. The molecule has 0 amide bonds. The van der Waals surface area contributed by atoms with Gasteiger partial charge in [-0.3, -0.25) is 4.55 Å². The standard InChI is InChI=1S/C8H8N2O5S3/c1-9-14-15-17-8-6-3-2-5(18(11,12)13)4-7(6)10-16-8/h2-4,9H,1H3,(H,11,12,13). The summed E-state index contributed by atoms with van der Waals surface area (Å²) in [6.45, 7) is 0. The van der Waals surface area contributed by atoms with Gasteiger partial charge >= 0.3 is 0 Å². The highest BCUT2D eigenvalue weighted by Crippen LogP contribution is 2.33. The normalized spacial score (nSPS) is 12.1. The van der Waals surface area contributed by atoms with Gasteiger partial charge < -0.3 is 0 Å². The highest BCUT2D eigenvalue weighted by Gasteiger charge is 2.14. The minimum atomic E-state index is -4.21. The van der Waals surface area contributed by atoms with Crippen molar-refractivity contribution in [3.8, 4) is 0 Å². The van der Waals surface area contributed by atoms with Crippen LogP contribution in [-0.4, -0.2) is 24.4 Å². The number of nitrogens with zero attached hydrogens (tertiary/aromatic N) is 1. The Bertz CT molecular complexity index is 654. The Balaban J connectivity index is 2.32. The zero-order valence-electron chi connectivity index (χ0n) is 8.98. The van der Waals surface area contributed by atoms with E-state index in [1.807, 2.05) is 0 Å². The number of aromatic nitrogens is 1. The number of hydroxylamine groups is 1. The Hall–Kier alpha value is -0.750. The predicted octanol–water partition coefficient (Wildman–Crippen LogP) is 1.63. The lowest BCUT2D eigenvalue weighted by Crippen LogP contribution is -2.03. The van der Waals surface area contributed by atoms with Crippen molar-refractivity contribution >= 4 is 44.6 Å². The van der Waals surface area contributed by atoms with Gasteiger partial charge in [0.25, 0.3) is 10.1 Å². The second kappa shape index (κ2) is 5.48. The van der Waals surface area contributed by atoms with Crippen LogP contribution in [0.1, 0.15) is 0 Å². The maximum absolute atomic E-state index is 11.0. The lowest BCUT2D eigenvalue weighted by Gasteiger charge is -1.98. The van der Waals surface area contributed by atoms with Crippen molar-refractivity contribution in [2.45, 2.75) is 9.10 Å². The molecule has 18 heavy (non-hydrogen) atoms. The topological polar surface area (TPSA) is 97.8 Å². The third-order valence-electron chi connectivity index (χ3n) is 1.94. The summed E-state index contributed by atoms with van der Waals surface area (Å²) < 4.78 is 40.4. The van der Waals surface area contributed by atoms with Gasteiger partial charge in [-0.2, -0.15) is 18.3 Å². The van der Waals surface area contributed by atoms with Crippen LogP contribution in [0.15, 0.2) is 27.3 Å². The number of hydrogen-bond donors (Lipinski definition) is 2. The zero-order valence-corrected chi connectivity index (χ0v) is 11.4. The van der Waals surface area contributed by atoms with Crippen LogP contribution in [0.4, 0.5) is 0 Å². The number of nitrogens with one attached hydrogen (secondary N) is 1. The lowest BCUT2D eigenvalue weighted by atomic mass is 10.3. The Morgan fingerprint density at radius 3 is 2.94 bits per heavy atom. The van der Waals surface area contributed by atoms with Crippen LogP contribution in [0.3, 0.4) is 0 Å². The summed E-state index contributed by atoms with van der Waals surface area (Å²) in [4.78, 5) is 4.30. The van der Waals surface area contributed by atoms with Crippen molar-refractivity contribution in [2.24, 2.45) is 0 Å². The first kappa shape index (κ1) is 13.7. The fourth-order valence-corrected chi connectivity index (χ4v) is 3.05. The largest absolute Gasteiger partial charge is 0.294 e. The molecule has 2 N–H and O–H groups in total. The second-order valence-corrected chi connectivity index (χ2v) is 6.23. The van der Waals surface area contributed by atoms with Gasteiger partial charge in [-0.05, 0) is 29.7 Å². The van der Waals surface area contributed by atoms with Crippen molar-refractivity contribution in [2.75, 3.05) is 7.05 Å². The van der Waals surface area contributed by atoms with Crippen molar-refractivity contribution in [1.82, 2.24) is 9.85 Å². The first-order chi connectivity index (χ1) is 8.52. The summed E-state index contributed by atoms with van der Waals surface area (Å²) in [6, 6.07) is 4.15. The van der Waals surface area contributed by atoms with E-state index in [9.17, 15) is 8.42 Å². The molecule has 98 valence electrons. The second-order valence-electron chi connectivity index (χ2n) is 3.06. The van der Waals surface area contributed by atoms with E-state index in [2.05, 4.69) is 14.8 Å². The maximum atomic E-state index is 11.0. The first-order valence-corrected chi connectivity index (χ1v) is 7.51. The Morgan fingerprint density at radius 1 is 1.50 bits per heavy atom. The molecule has 10 heteroatoms. The molecule has 0 fully saturated rings. The molecule has 0 unspecified atom stereocenters. The van der Waals surface area contributed by atoms with E-state index in [-0.39, 0.29) is 4.90 Å². The molecule has 0 radical (unpaired) electrons. The van der Waals surface area contributed by atoms with E-state index >= 15 is 0 Å². The van der Waals surface area contributed by atoms with E-state index in [1.165, 1.54) is 12.1 Å². The SMILES string of the molecule is CNOOSc1snc2cc(S(=O)(=O)O)ccc12. The van der Waals surface area contributed by atoms with Gasteiger partial charge in [0.1, 0.15) is 4.21 Å². The molecule has 0 spiro atoms. The molecule has 1 aromatic carbocycles. The van der Waals surface area contributed by atoms with E-state index in [0.717, 1.165) is 29.0 Å². The van der Waals surface area contributed by atoms with Gasteiger partial charge in [0, 0.05) is 12.4 Å². The smallest absolute Gasteiger partial charge is 0.282 e. The van der Waals surface area contributed by atoms with Crippen molar-refractivity contribution in [3.63, 3.8) is 0 Å². The molecule has 2 aromatic rings. The average Bonchev–Trinajstić information content (AvgIpc) is 2.71. The van der Waals surface area contributed by atoms with Crippen LogP contribution in [0.5, 0.6) is 0 Å². The summed E-state index contributed by atoms with van der Waals surface area (Å²) in [5.74, 6) is 0. The molecule has 0 aliphatic carbocycles. The van der Waals surface area contributed by atoms with Crippen LogP contribution in [0.25, 0.3) is 10.9 Å². The number of rotatable bonds is 5. The molecule has 0 saturated carbocycles. The molecular weight excluding hydrogens is 300 g/mol. The van der Waals surface area contributed by atoms with Crippen LogP contribution in [0, 0.1) is 0 Å². The minimum Gasteiger partial charge on any atom is -0.282 e. The van der Waals surface area contributed by atoms with Crippen LogP contribution in [0.2, 0.25) is 0 Å². The highest BCUT2D eigenvalue weighted by atomic mass is 32.2. The molecule has 1 aromatic heterocycles. The van der Waals surface area contributed by atoms with E-state index in [4.69, 9.17) is 8.89 Å². The van der Waals surface area contributed by atoms with Gasteiger partial charge in [0.05, 0.1) is 22.5 Å². The Morgan fingerprint density at radius 2 is 2.28 bits per heavy atom. The summed E-state index contributed by atoms with van der Waals surface area (Å²) in [7, 11) is -2.67. The maximum Gasteiger partial charge on any atom is 0.294 e. The quantitative estimate of drug-likeness (QED) is 0.283. The molecule has 0 aliphatic heterocycles. The summed E-state index contributed by atoms with van der Waals surface area (Å²) in [5, 5.41) is 0.720. The lowest BCUT2D eigenvalue weighted by molar-refractivity contribution is -0.237. The number of benzene rings is 1. The Kier molecular flexibility index (Phi) is 4.17. The third kappa shape index (κ3) is 2.98. The van der Waals surface area contributed by atoms with E-state index < -0.39 is 10.1 Å². The third-order valence-corrected chi connectivity index (χ3v) is 4.40. The fraction of sp³-hybridized carbons (Fsp3) is 0.125. The molecule has 0 aliphatic rings. The molecule has 7 nitrogen and oxygen atoms in total. The monoisotopic (exact) mass is 308 g/mol. The summed E-state index contributed by atoms with van der Waals surface area (Å²) >= 11 is 2.09. The van der Waals surface area contributed by atoms with Gasteiger partial charge in [0.15, 0.2) is 0 Å². The van der Waals surface area contributed by atoms with Gasteiger partial charge in [-0.15, -0.1) is 9.32 Å². The van der Waals surface area contributed by atoms with Crippen LogP contribution in [-0.2, 0) is 19.4 Å². The summed E-state index contributed by atoms with van der Waals surface area (Å²) in [6.07, 6.45) is 0. The molecule has 0 saturated heterocycles. The highest BCUT2D eigenvalue weighted by molar-refractivity contribution is 7.96. The molecular formula is C8H8N2O5S3. The molecule has 2 rings (SSSR count). The van der Waals surface area contributed by atoms with E-state index in [1.54, 1.807) is 13.1 Å². The molecule has 0 bridgehead atoms. The van der Waals surface area contributed by atoms with Crippen LogP contribution < -0.4 is 5.48 Å². The van der Waals surface area contributed by atoms with E-state index in [0.29, 0.717) is 9.73 Å². The van der Waals surface area contributed by atoms with Gasteiger partial charge in [-0.1, -0.05) is 0 Å². The summed E-state index contributed by atoms with van der Waals surface area (Å²) in [5.41, 5.74) is 2.80. The average molecular weight is 308 g/mol. The number of hydrogen-bond acceptors (Lipinski definition) is 8. The van der Waals surface area contributed by atoms with Crippen molar-refractivity contribution in [3.05, 3.63) is 18.2 Å². The van der Waals surface area contributed by atoms with Crippen molar-refractivity contribution < 1.29 is 22.3 Å². The van der Waals surface area contributed by atoms with Crippen molar-refractivity contribution in [1.29, 1.82) is 0 Å². The van der Waals surface area contributed by atoms with Crippen LogP contribution >= 0.6 is 23.6 Å². The van der Waals surface area contributed by atoms with Gasteiger partial charge in [0.2, 0.25) is 0 Å². The number of fused-ring (bicyclic) bond motifs is 1. The molecule has 1 heterocycles. The minimum absolute atomic E-state index is 0.191. The van der Waals surface area contributed by atoms with Gasteiger partial charge in [-0.25, -0.2) is 0 Å². The fourth-order valence-electron chi connectivity index (χ4n) is 1.20. The Labute approximate surface area is 111 Å². The zero-order chi connectivity index (χ0) is 13.2.